The number of hydrogen-bond donors (Lipinski definition) is 0. The fraction of sp³-hybridized carbons (Fsp3) is 0.310. The highest BCUT2D eigenvalue weighted by Gasteiger charge is 2.45. The third-order valence-electron chi connectivity index (χ3n) is 7.00. The number of rotatable bonds is 8. The number of aryl methyl sites for hydroxylation is 2. The second-order valence-electron chi connectivity index (χ2n) is 9.29. The van der Waals surface area contributed by atoms with Crippen molar-refractivity contribution in [1.82, 2.24) is 3.97 Å². The number of aromatic nitrogens is 1. The van der Waals surface area contributed by atoms with Crippen LogP contribution < -0.4 is 4.74 Å². The Balaban J connectivity index is 1.69. The average Bonchev–Trinajstić information content (AvgIpc) is 3.57. The molecule has 0 aliphatic heterocycles. The van der Waals surface area contributed by atoms with Crippen molar-refractivity contribution < 1.29 is 13.2 Å². The number of para-hydroxylation sites is 1. The molecule has 0 N–H and O–H groups in total. The van der Waals surface area contributed by atoms with Crippen LogP contribution in [0.4, 0.5) is 0 Å². The fourth-order valence-corrected chi connectivity index (χ4v) is 6.69. The lowest BCUT2D eigenvalue weighted by molar-refractivity contribution is 0.414. The van der Waals surface area contributed by atoms with Crippen molar-refractivity contribution in [3.63, 3.8) is 0 Å². The van der Waals surface area contributed by atoms with Gasteiger partial charge in [-0.2, -0.15) is 0 Å². The zero-order chi connectivity index (χ0) is 23.9. The number of hydrogen-bond acceptors (Lipinski definition) is 3. The van der Waals surface area contributed by atoms with E-state index in [4.69, 9.17) is 4.74 Å². The first-order chi connectivity index (χ1) is 16.5. The summed E-state index contributed by atoms with van der Waals surface area (Å²) in [5.41, 5.74) is 5.22. The Morgan fingerprint density at radius 1 is 0.941 bits per heavy atom. The molecule has 0 spiro atoms. The summed E-state index contributed by atoms with van der Waals surface area (Å²) in [5.74, 6) is 1.32. The first-order valence-electron chi connectivity index (χ1n) is 12.0. The van der Waals surface area contributed by atoms with Gasteiger partial charge in [-0.15, -0.1) is 0 Å². The lowest BCUT2D eigenvalue weighted by Gasteiger charge is -2.14. The minimum atomic E-state index is -3.74. The van der Waals surface area contributed by atoms with E-state index in [0.717, 1.165) is 53.6 Å². The first kappa shape index (κ1) is 22.7. The molecule has 1 saturated carbocycles. The van der Waals surface area contributed by atoms with Crippen molar-refractivity contribution in [1.29, 1.82) is 0 Å². The number of methoxy groups -OCH3 is 1. The molecule has 5 rings (SSSR count). The average molecular weight is 474 g/mol. The number of fused-ring (bicyclic) bond motifs is 1. The second kappa shape index (κ2) is 8.95. The molecule has 1 aromatic heterocycles. The van der Waals surface area contributed by atoms with Gasteiger partial charge in [0.05, 0.1) is 17.5 Å². The monoisotopic (exact) mass is 473 g/mol. The Morgan fingerprint density at radius 2 is 1.65 bits per heavy atom. The SMILES string of the molecule is CCCCc1c(C2C[C@H]2c2ccc(OC)cc2)n(S(=O)(=O)c2ccc(C)cc2)c2ccccc12. The van der Waals surface area contributed by atoms with Crippen LogP contribution in [0.2, 0.25) is 0 Å². The predicted octanol–water partition coefficient (Wildman–Crippen LogP) is 6.81. The van der Waals surface area contributed by atoms with E-state index < -0.39 is 10.0 Å². The fourth-order valence-electron chi connectivity index (χ4n) is 5.08. The van der Waals surface area contributed by atoms with Gasteiger partial charge in [-0.3, -0.25) is 0 Å². The lowest BCUT2D eigenvalue weighted by atomic mass is 10.0. The van der Waals surface area contributed by atoms with E-state index in [-0.39, 0.29) is 5.92 Å². The van der Waals surface area contributed by atoms with E-state index in [9.17, 15) is 8.42 Å². The van der Waals surface area contributed by atoms with Gasteiger partial charge in [0.1, 0.15) is 5.75 Å². The Morgan fingerprint density at radius 3 is 2.32 bits per heavy atom. The molecule has 0 bridgehead atoms. The highest BCUT2D eigenvalue weighted by molar-refractivity contribution is 7.90. The zero-order valence-electron chi connectivity index (χ0n) is 20.0. The van der Waals surface area contributed by atoms with Gasteiger partial charge in [-0.25, -0.2) is 12.4 Å². The van der Waals surface area contributed by atoms with Gasteiger partial charge in [0.25, 0.3) is 10.0 Å². The topological polar surface area (TPSA) is 48.3 Å². The van der Waals surface area contributed by atoms with E-state index in [1.807, 2.05) is 49.4 Å². The van der Waals surface area contributed by atoms with Gasteiger partial charge in [-0.05, 0) is 73.6 Å². The Bertz CT molecular complexity index is 1420. The van der Waals surface area contributed by atoms with Gasteiger partial charge in [0.2, 0.25) is 0 Å². The summed E-state index contributed by atoms with van der Waals surface area (Å²) in [6.07, 6.45) is 3.93. The summed E-state index contributed by atoms with van der Waals surface area (Å²) < 4.78 is 35.1. The maximum atomic E-state index is 14.1. The molecule has 5 heteroatoms. The van der Waals surface area contributed by atoms with E-state index in [1.54, 1.807) is 23.2 Å². The normalized spacial score (nSPS) is 17.7. The quantitative estimate of drug-likeness (QED) is 0.282. The van der Waals surface area contributed by atoms with E-state index in [1.165, 1.54) is 11.1 Å². The molecule has 1 heterocycles. The van der Waals surface area contributed by atoms with Crippen LogP contribution in [-0.4, -0.2) is 19.5 Å². The first-order valence-corrected chi connectivity index (χ1v) is 13.5. The largest absolute Gasteiger partial charge is 0.497 e. The molecular weight excluding hydrogens is 442 g/mol. The molecule has 0 saturated heterocycles. The van der Waals surface area contributed by atoms with Crippen LogP contribution in [0.5, 0.6) is 5.75 Å². The molecule has 4 aromatic rings. The summed E-state index contributed by atoms with van der Waals surface area (Å²) in [6.45, 7) is 4.15. The molecule has 176 valence electrons. The Labute approximate surface area is 202 Å². The van der Waals surface area contributed by atoms with E-state index in [2.05, 4.69) is 25.1 Å². The Hall–Kier alpha value is -3.05. The van der Waals surface area contributed by atoms with Gasteiger partial charge in [0.15, 0.2) is 0 Å². The Kier molecular flexibility index (Phi) is 5.98. The molecule has 1 fully saturated rings. The van der Waals surface area contributed by atoms with Crippen molar-refractivity contribution in [2.24, 2.45) is 0 Å². The van der Waals surface area contributed by atoms with Gasteiger partial charge < -0.3 is 4.74 Å². The van der Waals surface area contributed by atoms with Crippen molar-refractivity contribution >= 4 is 20.9 Å². The van der Waals surface area contributed by atoms with E-state index in [0.29, 0.717) is 10.8 Å². The molecule has 0 radical (unpaired) electrons. The van der Waals surface area contributed by atoms with Crippen molar-refractivity contribution in [3.05, 3.63) is 95.2 Å². The zero-order valence-corrected chi connectivity index (χ0v) is 20.8. The third-order valence-corrected chi connectivity index (χ3v) is 8.74. The molecule has 4 nitrogen and oxygen atoms in total. The molecule has 34 heavy (non-hydrogen) atoms. The standard InChI is InChI=1S/C29H31NO3S/c1-4-5-8-25-24-9-6-7-10-28(24)30(34(31,32)23-17-11-20(2)12-18-23)29(25)27-19-26(27)21-13-15-22(33-3)16-14-21/h6-7,9-18,26-27H,4-5,8,19H2,1-3H3/t26-,27?/m0/s1. The maximum Gasteiger partial charge on any atom is 0.268 e. The summed E-state index contributed by atoms with van der Waals surface area (Å²) in [4.78, 5) is 0.337. The molecular formula is C29H31NO3S. The summed E-state index contributed by atoms with van der Waals surface area (Å²) in [7, 11) is -2.07. The second-order valence-corrected chi connectivity index (χ2v) is 11.1. The van der Waals surface area contributed by atoms with Crippen LogP contribution in [0.15, 0.2) is 77.7 Å². The van der Waals surface area contributed by atoms with Crippen LogP contribution >= 0.6 is 0 Å². The maximum absolute atomic E-state index is 14.1. The summed E-state index contributed by atoms with van der Waals surface area (Å²) >= 11 is 0. The number of nitrogens with zero attached hydrogens (tertiary/aromatic N) is 1. The number of ether oxygens (including phenoxy) is 1. The molecule has 3 aromatic carbocycles. The number of benzene rings is 3. The van der Waals surface area contributed by atoms with Crippen molar-refractivity contribution in [2.75, 3.05) is 7.11 Å². The minimum Gasteiger partial charge on any atom is -0.497 e. The van der Waals surface area contributed by atoms with Gasteiger partial charge >= 0.3 is 0 Å². The highest BCUT2D eigenvalue weighted by Crippen LogP contribution is 2.57. The highest BCUT2D eigenvalue weighted by atomic mass is 32.2. The smallest absolute Gasteiger partial charge is 0.268 e. The van der Waals surface area contributed by atoms with Crippen LogP contribution in [0.25, 0.3) is 10.9 Å². The van der Waals surface area contributed by atoms with E-state index >= 15 is 0 Å². The van der Waals surface area contributed by atoms with Crippen molar-refractivity contribution in [3.8, 4) is 5.75 Å². The van der Waals surface area contributed by atoms with Crippen LogP contribution in [-0.2, 0) is 16.4 Å². The minimum absolute atomic E-state index is 0.174. The summed E-state index contributed by atoms with van der Waals surface area (Å²) in [6, 6.07) is 23.4. The lowest BCUT2D eigenvalue weighted by Crippen LogP contribution is -2.16. The van der Waals surface area contributed by atoms with Crippen molar-refractivity contribution in [2.45, 2.75) is 56.3 Å². The van der Waals surface area contributed by atoms with Gasteiger partial charge in [0, 0.05) is 17.0 Å². The molecule has 1 unspecified atom stereocenters. The van der Waals surface area contributed by atoms with Gasteiger partial charge in [-0.1, -0.05) is 61.4 Å². The van der Waals surface area contributed by atoms with Crippen LogP contribution in [0.3, 0.4) is 0 Å². The molecule has 1 aliphatic rings. The van der Waals surface area contributed by atoms with Crippen LogP contribution in [0, 0.1) is 6.92 Å². The summed E-state index contributed by atoms with van der Waals surface area (Å²) in [5, 5.41) is 1.06. The molecule has 0 amide bonds. The molecule has 2 atom stereocenters. The predicted molar refractivity (Wildman–Crippen MR) is 137 cm³/mol. The number of unbranched alkanes of at least 4 members (excludes halogenated alkanes) is 1. The van der Waals surface area contributed by atoms with Crippen LogP contribution in [0.1, 0.15) is 60.4 Å². The molecule has 1 aliphatic carbocycles. The third kappa shape index (κ3) is 3.92.